The highest BCUT2D eigenvalue weighted by Gasteiger charge is 2.34. The van der Waals surface area contributed by atoms with E-state index in [1.165, 1.54) is 11.3 Å². The number of nitrogens with zero attached hydrogens (tertiary/aromatic N) is 3. The number of rotatable bonds is 5. The maximum absolute atomic E-state index is 12.5. The molecule has 0 unspecified atom stereocenters. The Labute approximate surface area is 176 Å². The molecule has 0 bridgehead atoms. The molecule has 1 N–H and O–H groups in total. The second-order valence-corrected chi connectivity index (χ2v) is 7.96. The van der Waals surface area contributed by atoms with Crippen LogP contribution >= 0.6 is 22.9 Å². The van der Waals surface area contributed by atoms with E-state index in [-0.39, 0.29) is 17.7 Å². The normalized spacial score (nSPS) is 16.1. The zero-order chi connectivity index (χ0) is 20.4. The number of anilines is 2. The van der Waals surface area contributed by atoms with E-state index in [1.807, 2.05) is 24.3 Å². The summed E-state index contributed by atoms with van der Waals surface area (Å²) in [5, 5.41) is 12.6. The Balaban J connectivity index is 1.44. The third kappa shape index (κ3) is 4.23. The molecule has 29 heavy (non-hydrogen) atoms. The lowest BCUT2D eigenvalue weighted by Crippen LogP contribution is -2.24. The third-order valence-corrected chi connectivity index (χ3v) is 5.84. The van der Waals surface area contributed by atoms with Crippen LogP contribution in [-0.4, -0.2) is 35.7 Å². The molecule has 0 saturated carbocycles. The minimum Gasteiger partial charge on any atom is -0.497 e. The van der Waals surface area contributed by atoms with E-state index in [4.69, 9.17) is 16.3 Å². The summed E-state index contributed by atoms with van der Waals surface area (Å²) in [7, 11) is 1.60. The van der Waals surface area contributed by atoms with E-state index in [1.54, 1.807) is 36.3 Å². The van der Waals surface area contributed by atoms with Gasteiger partial charge in [0.1, 0.15) is 10.8 Å². The average Bonchev–Trinajstić information content (AvgIpc) is 3.34. The molecule has 9 heteroatoms. The maximum Gasteiger partial charge on any atom is 0.257 e. The molecule has 148 valence electrons. The van der Waals surface area contributed by atoms with Crippen molar-refractivity contribution in [2.75, 3.05) is 23.9 Å². The van der Waals surface area contributed by atoms with Crippen LogP contribution < -0.4 is 15.0 Å². The van der Waals surface area contributed by atoms with Gasteiger partial charge in [-0.25, -0.2) is 0 Å². The molecule has 1 atom stereocenters. The summed E-state index contributed by atoms with van der Waals surface area (Å²) in [6, 6.07) is 14.0. The lowest BCUT2D eigenvalue weighted by molar-refractivity contribution is -0.117. The van der Waals surface area contributed by atoms with E-state index in [0.29, 0.717) is 28.7 Å². The molecule has 7 nitrogen and oxygen atoms in total. The molecule has 2 heterocycles. The van der Waals surface area contributed by atoms with Crippen LogP contribution in [0.15, 0.2) is 48.5 Å². The van der Waals surface area contributed by atoms with Gasteiger partial charge in [-0.3, -0.25) is 14.9 Å². The number of methoxy groups -OCH3 is 1. The zero-order valence-electron chi connectivity index (χ0n) is 15.5. The Morgan fingerprint density at radius 3 is 2.76 bits per heavy atom. The quantitative estimate of drug-likeness (QED) is 0.664. The smallest absolute Gasteiger partial charge is 0.257 e. The van der Waals surface area contributed by atoms with Gasteiger partial charge >= 0.3 is 0 Å². The van der Waals surface area contributed by atoms with E-state index < -0.39 is 0 Å². The van der Waals surface area contributed by atoms with Crippen LogP contribution in [0.1, 0.15) is 27.7 Å². The second kappa shape index (κ2) is 8.18. The molecule has 2 amide bonds. The van der Waals surface area contributed by atoms with Crippen LogP contribution in [0.4, 0.5) is 10.8 Å². The van der Waals surface area contributed by atoms with Gasteiger partial charge in [-0.05, 0) is 42.5 Å². The van der Waals surface area contributed by atoms with Gasteiger partial charge in [-0.2, -0.15) is 0 Å². The van der Waals surface area contributed by atoms with Crippen LogP contribution in [0, 0.1) is 0 Å². The summed E-state index contributed by atoms with van der Waals surface area (Å²) in [6.07, 6.45) is 0.350. The molecule has 1 aliphatic heterocycles. The number of hydrogen-bond donors (Lipinski definition) is 1. The molecule has 0 radical (unpaired) electrons. The van der Waals surface area contributed by atoms with Crippen molar-refractivity contribution < 1.29 is 14.3 Å². The highest BCUT2D eigenvalue weighted by atomic mass is 35.5. The Bertz CT molecular complexity index is 1050. The van der Waals surface area contributed by atoms with Gasteiger partial charge in [-0.15, -0.1) is 10.2 Å². The van der Waals surface area contributed by atoms with Crippen LogP contribution in [0.2, 0.25) is 5.02 Å². The molecular weight excluding hydrogens is 412 g/mol. The first-order valence-electron chi connectivity index (χ1n) is 8.88. The van der Waals surface area contributed by atoms with E-state index in [9.17, 15) is 9.59 Å². The predicted molar refractivity (Wildman–Crippen MR) is 112 cm³/mol. The van der Waals surface area contributed by atoms with E-state index in [2.05, 4.69) is 15.5 Å². The first-order valence-corrected chi connectivity index (χ1v) is 10.1. The van der Waals surface area contributed by atoms with Crippen molar-refractivity contribution in [1.29, 1.82) is 0 Å². The van der Waals surface area contributed by atoms with Gasteiger partial charge in [0, 0.05) is 35.2 Å². The topological polar surface area (TPSA) is 84.4 Å². The van der Waals surface area contributed by atoms with Gasteiger partial charge in [0.25, 0.3) is 5.91 Å². The maximum atomic E-state index is 12.5. The molecule has 2 aromatic carbocycles. The van der Waals surface area contributed by atoms with Gasteiger partial charge in [0.05, 0.1) is 7.11 Å². The molecule has 3 aromatic rings. The van der Waals surface area contributed by atoms with Gasteiger partial charge < -0.3 is 9.64 Å². The lowest BCUT2D eigenvalue weighted by atomic mass is 10.1. The Hall–Kier alpha value is -2.97. The minimum absolute atomic E-state index is 0.0277. The van der Waals surface area contributed by atoms with Gasteiger partial charge in [0.15, 0.2) is 0 Å². The lowest BCUT2D eigenvalue weighted by Gasteiger charge is -2.16. The molecule has 1 aromatic heterocycles. The standard InChI is InChI=1S/C20H17ClN4O3S/c1-28-16-7-5-15(6-8-16)25-11-13(10-17(25)26)19-23-24-20(29-19)22-18(27)12-3-2-4-14(21)9-12/h2-9,13H,10-11H2,1H3,(H,22,24,27)/t13-/m1/s1. The summed E-state index contributed by atoms with van der Waals surface area (Å²) in [4.78, 5) is 26.5. The van der Waals surface area contributed by atoms with E-state index in [0.717, 1.165) is 16.4 Å². The van der Waals surface area contributed by atoms with Gasteiger partial charge in [0.2, 0.25) is 11.0 Å². The number of benzene rings is 2. The molecule has 0 aliphatic carbocycles. The zero-order valence-corrected chi connectivity index (χ0v) is 17.0. The number of halogens is 1. The largest absolute Gasteiger partial charge is 0.497 e. The van der Waals surface area contributed by atoms with Crippen molar-refractivity contribution in [2.45, 2.75) is 12.3 Å². The van der Waals surface area contributed by atoms with Gasteiger partial charge in [-0.1, -0.05) is 29.0 Å². The second-order valence-electron chi connectivity index (χ2n) is 6.51. The molecule has 4 rings (SSSR count). The SMILES string of the molecule is COc1ccc(N2C[C@H](c3nnc(NC(=O)c4cccc(Cl)c4)s3)CC2=O)cc1. The van der Waals surface area contributed by atoms with Crippen molar-refractivity contribution in [2.24, 2.45) is 0 Å². The number of aromatic nitrogens is 2. The number of amides is 2. The number of hydrogen-bond acceptors (Lipinski definition) is 6. The predicted octanol–water partition coefficient (Wildman–Crippen LogP) is 3.97. The van der Waals surface area contributed by atoms with Crippen molar-refractivity contribution in [1.82, 2.24) is 10.2 Å². The Morgan fingerprint density at radius 1 is 1.24 bits per heavy atom. The first kappa shape index (κ1) is 19.4. The highest BCUT2D eigenvalue weighted by molar-refractivity contribution is 7.15. The minimum atomic E-state index is -0.308. The number of carbonyl (C=O) groups excluding carboxylic acids is 2. The summed E-state index contributed by atoms with van der Waals surface area (Å²) < 4.78 is 5.16. The van der Waals surface area contributed by atoms with E-state index >= 15 is 0 Å². The van der Waals surface area contributed by atoms with Crippen molar-refractivity contribution in [3.05, 3.63) is 64.1 Å². The molecule has 1 fully saturated rings. The monoisotopic (exact) mass is 428 g/mol. The molecule has 1 saturated heterocycles. The Morgan fingerprint density at radius 2 is 2.03 bits per heavy atom. The number of nitrogens with one attached hydrogen (secondary N) is 1. The Kier molecular flexibility index (Phi) is 5.46. The summed E-state index contributed by atoms with van der Waals surface area (Å²) in [5.74, 6) is 0.387. The van der Waals surface area contributed by atoms with Crippen LogP contribution in [0.25, 0.3) is 0 Å². The summed E-state index contributed by atoms with van der Waals surface area (Å²) in [6.45, 7) is 0.516. The summed E-state index contributed by atoms with van der Waals surface area (Å²) >= 11 is 7.20. The van der Waals surface area contributed by atoms with Crippen molar-refractivity contribution >= 4 is 45.6 Å². The van der Waals surface area contributed by atoms with Crippen molar-refractivity contribution in [3.8, 4) is 5.75 Å². The highest BCUT2D eigenvalue weighted by Crippen LogP contribution is 2.34. The van der Waals surface area contributed by atoms with Crippen LogP contribution in [-0.2, 0) is 4.79 Å². The first-order chi connectivity index (χ1) is 14.0. The molecule has 0 spiro atoms. The fourth-order valence-corrected chi connectivity index (χ4v) is 4.15. The number of ether oxygens (including phenoxy) is 1. The fourth-order valence-electron chi connectivity index (χ4n) is 3.13. The number of carbonyl (C=O) groups is 2. The van der Waals surface area contributed by atoms with Crippen LogP contribution in [0.5, 0.6) is 5.75 Å². The van der Waals surface area contributed by atoms with Crippen LogP contribution in [0.3, 0.4) is 0 Å². The van der Waals surface area contributed by atoms with Crippen molar-refractivity contribution in [3.63, 3.8) is 0 Å². The third-order valence-electron chi connectivity index (χ3n) is 4.61. The summed E-state index contributed by atoms with van der Waals surface area (Å²) in [5.41, 5.74) is 1.26. The fraction of sp³-hybridized carbons (Fsp3) is 0.200. The average molecular weight is 429 g/mol. The molecule has 1 aliphatic rings. The molecular formula is C20H17ClN4O3S.